The van der Waals surface area contributed by atoms with Crippen LogP contribution < -0.4 is 10.9 Å². The number of esters is 1. The van der Waals surface area contributed by atoms with E-state index in [9.17, 15) is 14.4 Å². The van der Waals surface area contributed by atoms with Crippen LogP contribution in [0.2, 0.25) is 0 Å². The molecule has 24 heavy (non-hydrogen) atoms. The Morgan fingerprint density at radius 1 is 1.00 bits per heavy atom. The van der Waals surface area contributed by atoms with Crippen molar-refractivity contribution in [2.45, 2.75) is 0 Å². The van der Waals surface area contributed by atoms with Gasteiger partial charge in [-0.2, -0.15) is 0 Å². The summed E-state index contributed by atoms with van der Waals surface area (Å²) in [6.45, 7) is 0. The number of hydrogen-bond acceptors (Lipinski definition) is 5. The Kier molecular flexibility index (Phi) is 4.11. The Bertz CT molecular complexity index is 990. The third-order valence-electron chi connectivity index (χ3n) is 3.47. The molecule has 0 aliphatic heterocycles. The van der Waals surface area contributed by atoms with Gasteiger partial charge in [-0.05, 0) is 24.3 Å². The lowest BCUT2D eigenvalue weighted by Crippen LogP contribution is -2.22. The van der Waals surface area contributed by atoms with E-state index in [1.165, 1.54) is 19.2 Å². The zero-order valence-electron chi connectivity index (χ0n) is 12.7. The highest BCUT2D eigenvalue weighted by Gasteiger charge is 2.17. The zero-order chi connectivity index (χ0) is 17.1. The van der Waals surface area contributed by atoms with E-state index in [1.54, 1.807) is 42.5 Å². The van der Waals surface area contributed by atoms with E-state index in [4.69, 9.17) is 4.42 Å². The molecule has 0 saturated heterocycles. The smallest absolute Gasteiger partial charge is 0.349 e. The fraction of sp³-hybridized carbons (Fsp3) is 0.0556. The van der Waals surface area contributed by atoms with Gasteiger partial charge in [0, 0.05) is 5.39 Å². The van der Waals surface area contributed by atoms with Gasteiger partial charge in [0.1, 0.15) is 11.1 Å². The molecule has 0 atom stereocenters. The standard InChI is InChI=1S/C18H13NO5/c1-23-17(21)12-7-3-4-8-14(12)19-16(20)13-10-11-6-2-5-9-15(11)24-18(13)22/h2-10H,1H3,(H,19,20). The molecule has 0 radical (unpaired) electrons. The van der Waals surface area contributed by atoms with Crippen molar-refractivity contribution in [2.24, 2.45) is 0 Å². The van der Waals surface area contributed by atoms with E-state index >= 15 is 0 Å². The normalized spacial score (nSPS) is 10.4. The van der Waals surface area contributed by atoms with Crippen LogP contribution in [0.3, 0.4) is 0 Å². The maximum Gasteiger partial charge on any atom is 0.349 e. The molecule has 0 spiro atoms. The summed E-state index contributed by atoms with van der Waals surface area (Å²) < 4.78 is 9.82. The van der Waals surface area contributed by atoms with Crippen molar-refractivity contribution in [1.29, 1.82) is 0 Å². The lowest BCUT2D eigenvalue weighted by Gasteiger charge is -2.09. The van der Waals surface area contributed by atoms with E-state index in [1.807, 2.05) is 0 Å². The van der Waals surface area contributed by atoms with Crippen molar-refractivity contribution in [3.05, 3.63) is 76.1 Å². The fourth-order valence-electron chi connectivity index (χ4n) is 2.29. The molecule has 1 heterocycles. The van der Waals surface area contributed by atoms with Crippen molar-refractivity contribution < 1.29 is 18.7 Å². The highest BCUT2D eigenvalue weighted by Crippen LogP contribution is 2.18. The van der Waals surface area contributed by atoms with Crippen LogP contribution in [0.4, 0.5) is 5.69 Å². The Hall–Kier alpha value is -3.41. The number of rotatable bonds is 3. The molecule has 0 saturated carbocycles. The molecule has 120 valence electrons. The monoisotopic (exact) mass is 323 g/mol. The maximum absolute atomic E-state index is 12.4. The second kappa shape index (κ2) is 6.37. The van der Waals surface area contributed by atoms with E-state index in [2.05, 4.69) is 10.1 Å². The Labute approximate surface area is 136 Å². The molecule has 0 fully saturated rings. The molecular formula is C18H13NO5. The first-order chi connectivity index (χ1) is 11.6. The quantitative estimate of drug-likeness (QED) is 0.592. The van der Waals surface area contributed by atoms with Crippen LogP contribution in [-0.2, 0) is 4.74 Å². The van der Waals surface area contributed by atoms with E-state index < -0.39 is 17.5 Å². The van der Waals surface area contributed by atoms with Crippen molar-refractivity contribution in [3.8, 4) is 0 Å². The second-order valence-corrected chi connectivity index (χ2v) is 4.98. The molecule has 1 aromatic heterocycles. The molecule has 6 heteroatoms. The minimum absolute atomic E-state index is 0.145. The van der Waals surface area contributed by atoms with Crippen LogP contribution >= 0.6 is 0 Å². The number of methoxy groups -OCH3 is 1. The maximum atomic E-state index is 12.4. The molecule has 1 N–H and O–H groups in total. The Balaban J connectivity index is 1.98. The number of carbonyl (C=O) groups is 2. The summed E-state index contributed by atoms with van der Waals surface area (Å²) in [6.07, 6.45) is 0. The van der Waals surface area contributed by atoms with Crippen LogP contribution in [0.15, 0.2) is 63.8 Å². The number of nitrogens with one attached hydrogen (secondary N) is 1. The fourth-order valence-corrected chi connectivity index (χ4v) is 2.29. The predicted molar refractivity (Wildman–Crippen MR) is 88.2 cm³/mol. The SMILES string of the molecule is COC(=O)c1ccccc1NC(=O)c1cc2ccccc2oc1=O. The van der Waals surface area contributed by atoms with Gasteiger partial charge in [-0.25, -0.2) is 9.59 Å². The molecule has 6 nitrogen and oxygen atoms in total. The summed E-state index contributed by atoms with van der Waals surface area (Å²) in [5.41, 5.74) is -0.0513. The Morgan fingerprint density at radius 2 is 1.71 bits per heavy atom. The molecule has 0 aliphatic carbocycles. The summed E-state index contributed by atoms with van der Waals surface area (Å²) in [7, 11) is 1.25. The minimum Gasteiger partial charge on any atom is -0.465 e. The van der Waals surface area contributed by atoms with Gasteiger partial charge >= 0.3 is 11.6 Å². The Morgan fingerprint density at radius 3 is 2.50 bits per heavy atom. The van der Waals surface area contributed by atoms with Crippen LogP contribution in [0.25, 0.3) is 11.0 Å². The molecule has 0 unspecified atom stereocenters. The molecule has 0 aliphatic rings. The number of hydrogen-bond donors (Lipinski definition) is 1. The van der Waals surface area contributed by atoms with Crippen molar-refractivity contribution >= 4 is 28.5 Å². The molecule has 2 aromatic carbocycles. The summed E-state index contributed by atoms with van der Waals surface area (Å²) >= 11 is 0. The predicted octanol–water partition coefficient (Wildman–Crippen LogP) is 2.83. The summed E-state index contributed by atoms with van der Waals surface area (Å²) in [6, 6.07) is 14.7. The van der Waals surface area contributed by atoms with E-state index in [0.29, 0.717) is 11.0 Å². The molecule has 0 bridgehead atoms. The largest absolute Gasteiger partial charge is 0.465 e. The number of anilines is 1. The highest BCUT2D eigenvalue weighted by atomic mass is 16.5. The lowest BCUT2D eigenvalue weighted by molar-refractivity contribution is 0.0602. The second-order valence-electron chi connectivity index (χ2n) is 4.98. The summed E-state index contributed by atoms with van der Waals surface area (Å²) in [5, 5.41) is 3.18. The molecular weight excluding hydrogens is 310 g/mol. The number of fused-ring (bicyclic) bond motifs is 1. The van der Waals surface area contributed by atoms with Gasteiger partial charge in [0.25, 0.3) is 5.91 Å². The minimum atomic E-state index is -0.748. The first-order valence-corrected chi connectivity index (χ1v) is 7.12. The highest BCUT2D eigenvalue weighted by molar-refractivity contribution is 6.08. The third-order valence-corrected chi connectivity index (χ3v) is 3.47. The van der Waals surface area contributed by atoms with Crippen molar-refractivity contribution in [2.75, 3.05) is 12.4 Å². The van der Waals surface area contributed by atoms with Crippen LogP contribution in [-0.4, -0.2) is 19.0 Å². The summed E-state index contributed by atoms with van der Waals surface area (Å²) in [5.74, 6) is -1.25. The van der Waals surface area contributed by atoms with Gasteiger partial charge < -0.3 is 14.5 Å². The van der Waals surface area contributed by atoms with Gasteiger partial charge in [-0.1, -0.05) is 30.3 Å². The van der Waals surface area contributed by atoms with Gasteiger partial charge in [-0.3, -0.25) is 4.79 Å². The average Bonchev–Trinajstić information content (AvgIpc) is 2.60. The van der Waals surface area contributed by atoms with E-state index in [0.717, 1.165) is 0 Å². The topological polar surface area (TPSA) is 85.6 Å². The van der Waals surface area contributed by atoms with Gasteiger partial charge in [0.15, 0.2) is 0 Å². The van der Waals surface area contributed by atoms with Crippen LogP contribution in [0.5, 0.6) is 0 Å². The third kappa shape index (κ3) is 2.89. The average molecular weight is 323 g/mol. The molecule has 3 aromatic rings. The first-order valence-electron chi connectivity index (χ1n) is 7.12. The lowest BCUT2D eigenvalue weighted by atomic mass is 10.1. The number of benzene rings is 2. The van der Waals surface area contributed by atoms with Gasteiger partial charge in [-0.15, -0.1) is 0 Å². The number of carbonyl (C=O) groups excluding carboxylic acids is 2. The van der Waals surface area contributed by atoms with E-state index in [-0.39, 0.29) is 16.8 Å². The summed E-state index contributed by atoms with van der Waals surface area (Å²) in [4.78, 5) is 36.2. The number of para-hydroxylation sites is 2. The number of ether oxygens (including phenoxy) is 1. The number of amides is 1. The van der Waals surface area contributed by atoms with Crippen molar-refractivity contribution in [1.82, 2.24) is 0 Å². The van der Waals surface area contributed by atoms with Crippen LogP contribution in [0.1, 0.15) is 20.7 Å². The zero-order valence-corrected chi connectivity index (χ0v) is 12.7. The van der Waals surface area contributed by atoms with Gasteiger partial charge in [0.2, 0.25) is 0 Å². The van der Waals surface area contributed by atoms with Crippen molar-refractivity contribution in [3.63, 3.8) is 0 Å². The molecule has 1 amide bonds. The first kappa shape index (κ1) is 15.5. The molecule has 3 rings (SSSR count). The van der Waals surface area contributed by atoms with Gasteiger partial charge in [0.05, 0.1) is 18.4 Å². The van der Waals surface area contributed by atoms with Crippen LogP contribution in [0, 0.1) is 0 Å².